The molecule has 0 fully saturated rings. The number of rotatable bonds is 5. The van der Waals surface area contributed by atoms with Crippen molar-refractivity contribution in [1.29, 1.82) is 0 Å². The van der Waals surface area contributed by atoms with Gasteiger partial charge in [0.05, 0.1) is 0 Å². The Bertz CT molecular complexity index is 251. The van der Waals surface area contributed by atoms with E-state index in [1.165, 1.54) is 5.56 Å². The van der Waals surface area contributed by atoms with Gasteiger partial charge in [0.25, 0.3) is 0 Å². The predicted molar refractivity (Wildman–Crippen MR) is 63.6 cm³/mol. The molecule has 1 N–H and O–H groups in total. The summed E-state index contributed by atoms with van der Waals surface area (Å²) in [4.78, 5) is 4.01. The molecule has 0 saturated heterocycles. The molecule has 3 heteroatoms. The number of nitrogens with zero attached hydrogens (tertiary/aromatic N) is 1. The number of aromatic nitrogens is 1. The SMILES string of the molecule is CSCC(C)NC(C)c1ccncc1. The summed E-state index contributed by atoms with van der Waals surface area (Å²) in [5, 5.41) is 3.55. The second-order valence-electron chi connectivity index (χ2n) is 3.53. The molecule has 0 bridgehead atoms. The first-order chi connectivity index (χ1) is 6.74. The molecule has 0 aromatic carbocycles. The van der Waals surface area contributed by atoms with E-state index in [9.17, 15) is 0 Å². The number of hydrogen-bond donors (Lipinski definition) is 1. The van der Waals surface area contributed by atoms with Crippen LogP contribution in [0.5, 0.6) is 0 Å². The largest absolute Gasteiger partial charge is 0.307 e. The molecule has 2 atom stereocenters. The standard InChI is InChI=1S/C11H18N2S/c1-9(8-14-3)13-10(2)11-4-6-12-7-5-11/h4-7,9-10,13H,8H2,1-3H3. The molecule has 0 aliphatic heterocycles. The highest BCUT2D eigenvalue weighted by Gasteiger charge is 2.07. The molecule has 0 saturated carbocycles. The maximum absolute atomic E-state index is 4.01. The van der Waals surface area contributed by atoms with E-state index < -0.39 is 0 Å². The normalized spacial score (nSPS) is 15.1. The molecule has 1 aromatic heterocycles. The summed E-state index contributed by atoms with van der Waals surface area (Å²) in [6.07, 6.45) is 5.81. The van der Waals surface area contributed by atoms with Crippen molar-refractivity contribution in [2.75, 3.05) is 12.0 Å². The van der Waals surface area contributed by atoms with E-state index in [1.54, 1.807) is 0 Å². The van der Waals surface area contributed by atoms with Crippen LogP contribution in [0.4, 0.5) is 0 Å². The minimum atomic E-state index is 0.403. The minimum Gasteiger partial charge on any atom is -0.307 e. The van der Waals surface area contributed by atoms with Crippen molar-refractivity contribution < 1.29 is 0 Å². The van der Waals surface area contributed by atoms with Crippen LogP contribution in [0.1, 0.15) is 25.5 Å². The summed E-state index contributed by atoms with van der Waals surface area (Å²) >= 11 is 1.87. The van der Waals surface area contributed by atoms with Gasteiger partial charge in [-0.15, -0.1) is 0 Å². The highest BCUT2D eigenvalue weighted by molar-refractivity contribution is 7.98. The predicted octanol–water partition coefficient (Wildman–Crippen LogP) is 2.48. The van der Waals surface area contributed by atoms with Gasteiger partial charge in [-0.2, -0.15) is 11.8 Å². The van der Waals surface area contributed by atoms with Crippen LogP contribution in [0.2, 0.25) is 0 Å². The zero-order chi connectivity index (χ0) is 10.4. The molecule has 0 radical (unpaired) electrons. The van der Waals surface area contributed by atoms with E-state index >= 15 is 0 Å². The quantitative estimate of drug-likeness (QED) is 0.808. The van der Waals surface area contributed by atoms with Gasteiger partial charge in [-0.1, -0.05) is 0 Å². The smallest absolute Gasteiger partial charge is 0.0295 e. The topological polar surface area (TPSA) is 24.9 Å². The van der Waals surface area contributed by atoms with E-state index in [2.05, 4.69) is 42.5 Å². The van der Waals surface area contributed by atoms with Crippen molar-refractivity contribution in [1.82, 2.24) is 10.3 Å². The fraction of sp³-hybridized carbons (Fsp3) is 0.545. The number of nitrogens with one attached hydrogen (secondary N) is 1. The van der Waals surface area contributed by atoms with E-state index in [0.717, 1.165) is 5.75 Å². The lowest BCUT2D eigenvalue weighted by atomic mass is 10.1. The molecule has 2 nitrogen and oxygen atoms in total. The third-order valence-electron chi connectivity index (χ3n) is 2.16. The Balaban J connectivity index is 2.46. The summed E-state index contributed by atoms with van der Waals surface area (Å²) < 4.78 is 0. The van der Waals surface area contributed by atoms with E-state index in [1.807, 2.05) is 24.2 Å². The van der Waals surface area contributed by atoms with Crippen LogP contribution in [0, 0.1) is 0 Å². The Kier molecular flexibility index (Phi) is 4.98. The van der Waals surface area contributed by atoms with E-state index in [-0.39, 0.29) is 0 Å². The Labute approximate surface area is 90.5 Å². The average molecular weight is 210 g/mol. The molecule has 1 aromatic rings. The van der Waals surface area contributed by atoms with Crippen LogP contribution < -0.4 is 5.32 Å². The maximum atomic E-state index is 4.01. The van der Waals surface area contributed by atoms with Gasteiger partial charge in [0.15, 0.2) is 0 Å². The first-order valence-corrected chi connectivity index (χ1v) is 6.28. The van der Waals surface area contributed by atoms with Crippen molar-refractivity contribution in [3.63, 3.8) is 0 Å². The van der Waals surface area contributed by atoms with Gasteiger partial charge in [-0.05, 0) is 37.8 Å². The van der Waals surface area contributed by atoms with E-state index in [0.29, 0.717) is 12.1 Å². The summed E-state index contributed by atoms with van der Waals surface area (Å²) in [5.41, 5.74) is 1.30. The molecule has 2 unspecified atom stereocenters. The summed E-state index contributed by atoms with van der Waals surface area (Å²) in [5.74, 6) is 1.15. The van der Waals surface area contributed by atoms with Gasteiger partial charge >= 0.3 is 0 Å². The van der Waals surface area contributed by atoms with Gasteiger partial charge in [0.2, 0.25) is 0 Å². The van der Waals surface area contributed by atoms with Crippen LogP contribution in [0.25, 0.3) is 0 Å². The maximum Gasteiger partial charge on any atom is 0.0295 e. The molecule has 0 spiro atoms. The lowest BCUT2D eigenvalue weighted by Gasteiger charge is -2.19. The van der Waals surface area contributed by atoms with Gasteiger partial charge < -0.3 is 5.32 Å². The Morgan fingerprint density at radius 1 is 1.36 bits per heavy atom. The Hall–Kier alpha value is -0.540. The lowest BCUT2D eigenvalue weighted by molar-refractivity contribution is 0.511. The third-order valence-corrected chi connectivity index (χ3v) is 2.99. The molecule has 78 valence electrons. The number of hydrogen-bond acceptors (Lipinski definition) is 3. The van der Waals surface area contributed by atoms with Crippen molar-refractivity contribution in [2.45, 2.75) is 25.9 Å². The minimum absolute atomic E-state index is 0.403. The second-order valence-corrected chi connectivity index (χ2v) is 4.44. The van der Waals surface area contributed by atoms with Crippen LogP contribution >= 0.6 is 11.8 Å². The monoisotopic (exact) mass is 210 g/mol. The second kappa shape index (κ2) is 6.04. The first-order valence-electron chi connectivity index (χ1n) is 4.89. The zero-order valence-corrected chi connectivity index (χ0v) is 9.84. The molecule has 0 aliphatic rings. The fourth-order valence-electron chi connectivity index (χ4n) is 1.47. The highest BCUT2D eigenvalue weighted by Crippen LogP contribution is 2.11. The molecule has 14 heavy (non-hydrogen) atoms. The number of pyridine rings is 1. The summed E-state index contributed by atoms with van der Waals surface area (Å²) in [6.45, 7) is 4.40. The van der Waals surface area contributed by atoms with Crippen molar-refractivity contribution in [3.05, 3.63) is 30.1 Å². The van der Waals surface area contributed by atoms with Crippen LogP contribution in [0.15, 0.2) is 24.5 Å². The van der Waals surface area contributed by atoms with E-state index in [4.69, 9.17) is 0 Å². The van der Waals surface area contributed by atoms with Gasteiger partial charge in [-0.3, -0.25) is 4.98 Å². The molecule has 0 amide bonds. The summed E-state index contributed by atoms with van der Waals surface area (Å²) in [7, 11) is 0. The third kappa shape index (κ3) is 3.68. The molecular formula is C11H18N2S. The molecular weight excluding hydrogens is 192 g/mol. The molecule has 1 rings (SSSR count). The van der Waals surface area contributed by atoms with Crippen molar-refractivity contribution in [3.8, 4) is 0 Å². The Morgan fingerprint density at radius 3 is 2.57 bits per heavy atom. The van der Waals surface area contributed by atoms with Crippen LogP contribution in [-0.2, 0) is 0 Å². The fourth-order valence-corrected chi connectivity index (χ4v) is 2.07. The average Bonchev–Trinajstić information content (AvgIpc) is 2.19. The van der Waals surface area contributed by atoms with Crippen LogP contribution in [0.3, 0.4) is 0 Å². The Morgan fingerprint density at radius 2 is 2.00 bits per heavy atom. The highest BCUT2D eigenvalue weighted by atomic mass is 32.2. The van der Waals surface area contributed by atoms with Crippen molar-refractivity contribution >= 4 is 11.8 Å². The van der Waals surface area contributed by atoms with Gasteiger partial charge in [-0.25, -0.2) is 0 Å². The van der Waals surface area contributed by atoms with Gasteiger partial charge in [0, 0.05) is 30.2 Å². The van der Waals surface area contributed by atoms with Gasteiger partial charge in [0.1, 0.15) is 0 Å². The molecule has 1 heterocycles. The van der Waals surface area contributed by atoms with Crippen molar-refractivity contribution in [2.24, 2.45) is 0 Å². The van der Waals surface area contributed by atoms with Crippen LogP contribution in [-0.4, -0.2) is 23.0 Å². The lowest BCUT2D eigenvalue weighted by Crippen LogP contribution is -2.30. The first kappa shape index (κ1) is 11.5. The number of thioether (sulfide) groups is 1. The zero-order valence-electron chi connectivity index (χ0n) is 9.03. The molecule has 0 aliphatic carbocycles. The summed E-state index contributed by atoms with van der Waals surface area (Å²) in [6, 6.07) is 5.07.